The van der Waals surface area contributed by atoms with E-state index in [2.05, 4.69) is 15.9 Å². The average Bonchev–Trinajstić information content (AvgIpc) is 2.30. The van der Waals surface area contributed by atoms with E-state index >= 15 is 0 Å². The number of rotatable bonds is 2. The zero-order valence-electron chi connectivity index (χ0n) is 9.08. The second kappa shape index (κ2) is 4.86. The van der Waals surface area contributed by atoms with Crippen LogP contribution in [0.25, 0.3) is 0 Å². The van der Waals surface area contributed by atoms with Crippen molar-refractivity contribution in [2.45, 2.75) is 0 Å². The van der Waals surface area contributed by atoms with E-state index in [0.717, 1.165) is 12.1 Å². The van der Waals surface area contributed by atoms with Crippen LogP contribution in [0.15, 0.2) is 40.9 Å². The zero-order chi connectivity index (χ0) is 13.3. The Bertz CT molecular complexity index is 608. The van der Waals surface area contributed by atoms with Crippen molar-refractivity contribution in [2.75, 3.05) is 5.73 Å². The molecule has 0 amide bonds. The predicted octanol–water partition coefficient (Wildman–Crippen LogP) is 3.54. The van der Waals surface area contributed by atoms with Crippen molar-refractivity contribution >= 4 is 27.4 Å². The number of benzene rings is 2. The van der Waals surface area contributed by atoms with Crippen molar-refractivity contribution in [1.29, 1.82) is 0 Å². The molecule has 0 unspecified atom stereocenters. The zero-order valence-corrected chi connectivity index (χ0v) is 10.7. The van der Waals surface area contributed by atoms with Gasteiger partial charge in [-0.25, -0.2) is 8.78 Å². The van der Waals surface area contributed by atoms with E-state index in [1.165, 1.54) is 24.3 Å². The quantitative estimate of drug-likeness (QED) is 0.681. The van der Waals surface area contributed by atoms with E-state index in [-0.39, 0.29) is 21.3 Å². The highest BCUT2D eigenvalue weighted by Gasteiger charge is 2.12. The van der Waals surface area contributed by atoms with Gasteiger partial charge in [-0.2, -0.15) is 0 Å². The number of hydrogen-bond donors (Lipinski definition) is 1. The smallest absolute Gasteiger partial charge is 0.193 e. The molecule has 92 valence electrons. The minimum atomic E-state index is -0.584. The van der Waals surface area contributed by atoms with Crippen molar-refractivity contribution < 1.29 is 13.6 Å². The van der Waals surface area contributed by atoms with E-state index in [9.17, 15) is 13.6 Å². The van der Waals surface area contributed by atoms with Crippen LogP contribution in [0.4, 0.5) is 14.5 Å². The second-order valence-corrected chi connectivity index (χ2v) is 4.59. The van der Waals surface area contributed by atoms with Crippen LogP contribution in [0, 0.1) is 11.6 Å². The third kappa shape index (κ3) is 2.56. The molecule has 0 spiro atoms. The summed E-state index contributed by atoms with van der Waals surface area (Å²) in [6.45, 7) is 0. The monoisotopic (exact) mass is 311 g/mol. The largest absolute Gasteiger partial charge is 0.399 e. The number of carbonyl (C=O) groups is 1. The molecule has 0 aliphatic heterocycles. The lowest BCUT2D eigenvalue weighted by molar-refractivity contribution is 0.103. The number of anilines is 1. The van der Waals surface area contributed by atoms with E-state index in [1.807, 2.05) is 0 Å². The third-order valence-corrected chi connectivity index (χ3v) is 2.97. The first-order valence-electron chi connectivity index (χ1n) is 5.03. The summed E-state index contributed by atoms with van der Waals surface area (Å²) in [6.07, 6.45) is 0. The number of hydrogen-bond acceptors (Lipinski definition) is 2. The SMILES string of the molecule is Nc1cc(F)cc(C(=O)c2ccc(F)c(Br)c2)c1. The van der Waals surface area contributed by atoms with Crippen molar-refractivity contribution in [3.63, 3.8) is 0 Å². The fourth-order valence-corrected chi connectivity index (χ4v) is 1.93. The number of nitrogens with two attached hydrogens (primary N) is 1. The van der Waals surface area contributed by atoms with Gasteiger partial charge in [0.05, 0.1) is 4.47 Å². The Morgan fingerprint density at radius 1 is 1.06 bits per heavy atom. The molecule has 0 radical (unpaired) electrons. The molecule has 0 aliphatic carbocycles. The van der Waals surface area contributed by atoms with Crippen LogP contribution < -0.4 is 5.73 Å². The molecule has 0 fully saturated rings. The Kier molecular flexibility index (Phi) is 3.43. The highest BCUT2D eigenvalue weighted by atomic mass is 79.9. The summed E-state index contributed by atoms with van der Waals surface area (Å²) in [5.41, 5.74) is 6.02. The summed E-state index contributed by atoms with van der Waals surface area (Å²) in [5.74, 6) is -1.47. The molecule has 0 atom stereocenters. The van der Waals surface area contributed by atoms with Gasteiger partial charge in [-0.15, -0.1) is 0 Å². The van der Waals surface area contributed by atoms with Crippen LogP contribution in [0.3, 0.4) is 0 Å². The van der Waals surface area contributed by atoms with Gasteiger partial charge in [0.2, 0.25) is 0 Å². The Morgan fingerprint density at radius 3 is 2.39 bits per heavy atom. The molecule has 0 aromatic heterocycles. The van der Waals surface area contributed by atoms with Crippen LogP contribution in [-0.2, 0) is 0 Å². The second-order valence-electron chi connectivity index (χ2n) is 3.73. The van der Waals surface area contributed by atoms with Gasteiger partial charge in [0.15, 0.2) is 5.78 Å². The molecule has 5 heteroatoms. The van der Waals surface area contributed by atoms with Gasteiger partial charge < -0.3 is 5.73 Å². The Morgan fingerprint density at radius 2 is 1.78 bits per heavy atom. The number of nitrogen functional groups attached to an aromatic ring is 1. The third-order valence-electron chi connectivity index (χ3n) is 2.36. The lowest BCUT2D eigenvalue weighted by Crippen LogP contribution is -2.03. The summed E-state index contributed by atoms with van der Waals surface area (Å²) in [7, 11) is 0. The van der Waals surface area contributed by atoms with Crippen LogP contribution in [-0.4, -0.2) is 5.78 Å². The standard InChI is InChI=1S/C13H8BrF2NO/c14-11-5-7(1-2-12(11)16)13(18)8-3-9(15)6-10(17)4-8/h1-6H,17H2. The van der Waals surface area contributed by atoms with Crippen molar-refractivity contribution in [2.24, 2.45) is 0 Å². The highest BCUT2D eigenvalue weighted by Crippen LogP contribution is 2.20. The Hall–Kier alpha value is -1.75. The lowest BCUT2D eigenvalue weighted by atomic mass is 10.0. The molecule has 0 heterocycles. The van der Waals surface area contributed by atoms with Gasteiger partial charge in [0.25, 0.3) is 0 Å². The summed E-state index contributed by atoms with van der Waals surface area (Å²) >= 11 is 2.99. The first-order valence-corrected chi connectivity index (χ1v) is 5.82. The molecule has 2 nitrogen and oxygen atoms in total. The first kappa shape index (κ1) is 12.7. The highest BCUT2D eigenvalue weighted by molar-refractivity contribution is 9.10. The van der Waals surface area contributed by atoms with Gasteiger partial charge in [0.1, 0.15) is 11.6 Å². The molecule has 2 N–H and O–H groups in total. The van der Waals surface area contributed by atoms with Crippen LogP contribution >= 0.6 is 15.9 Å². The first-order chi connectivity index (χ1) is 8.47. The van der Waals surface area contributed by atoms with Gasteiger partial charge in [0, 0.05) is 16.8 Å². The maximum Gasteiger partial charge on any atom is 0.193 e. The molecule has 18 heavy (non-hydrogen) atoms. The van der Waals surface area contributed by atoms with Crippen molar-refractivity contribution in [3.05, 3.63) is 63.6 Å². The molecule has 0 saturated carbocycles. The van der Waals surface area contributed by atoms with E-state index in [1.54, 1.807) is 0 Å². The minimum absolute atomic E-state index is 0.131. The van der Waals surface area contributed by atoms with Crippen molar-refractivity contribution in [3.8, 4) is 0 Å². The number of halogens is 3. The number of carbonyl (C=O) groups excluding carboxylic acids is 1. The Balaban J connectivity index is 2.44. The minimum Gasteiger partial charge on any atom is -0.399 e. The van der Waals surface area contributed by atoms with E-state index in [0.29, 0.717) is 0 Å². The van der Waals surface area contributed by atoms with E-state index < -0.39 is 17.4 Å². The van der Waals surface area contributed by atoms with Gasteiger partial charge in [-0.05, 0) is 52.3 Å². The lowest BCUT2D eigenvalue weighted by Gasteiger charge is -2.04. The average molecular weight is 312 g/mol. The molecule has 0 bridgehead atoms. The van der Waals surface area contributed by atoms with Crippen LogP contribution in [0.5, 0.6) is 0 Å². The van der Waals surface area contributed by atoms with Crippen LogP contribution in [0.2, 0.25) is 0 Å². The normalized spacial score (nSPS) is 10.4. The fourth-order valence-electron chi connectivity index (χ4n) is 1.55. The van der Waals surface area contributed by atoms with Crippen molar-refractivity contribution in [1.82, 2.24) is 0 Å². The maximum atomic E-state index is 13.1. The topological polar surface area (TPSA) is 43.1 Å². The summed E-state index contributed by atoms with van der Waals surface area (Å²) in [4.78, 5) is 12.0. The molecule has 2 aromatic carbocycles. The van der Waals surface area contributed by atoms with Gasteiger partial charge >= 0.3 is 0 Å². The summed E-state index contributed by atoms with van der Waals surface area (Å²) < 4.78 is 26.4. The predicted molar refractivity (Wildman–Crippen MR) is 68.3 cm³/mol. The fraction of sp³-hybridized carbons (Fsp3) is 0. The van der Waals surface area contributed by atoms with Gasteiger partial charge in [-0.3, -0.25) is 4.79 Å². The summed E-state index contributed by atoms with van der Waals surface area (Å²) in [5, 5.41) is 0. The molecular formula is C13H8BrF2NO. The maximum absolute atomic E-state index is 13.1. The Labute approximate surface area is 111 Å². The molecule has 0 aliphatic rings. The van der Waals surface area contributed by atoms with Gasteiger partial charge in [-0.1, -0.05) is 0 Å². The molecule has 2 rings (SSSR count). The number of ketones is 1. The molecule has 0 saturated heterocycles. The van der Waals surface area contributed by atoms with E-state index in [4.69, 9.17) is 5.73 Å². The molecular weight excluding hydrogens is 304 g/mol. The summed E-state index contributed by atoms with van der Waals surface area (Å²) in [6, 6.07) is 7.44. The van der Waals surface area contributed by atoms with Crippen LogP contribution in [0.1, 0.15) is 15.9 Å². The molecule has 2 aromatic rings.